The highest BCUT2D eigenvalue weighted by Crippen LogP contribution is 2.41. The maximum atomic E-state index is 13.2. The highest BCUT2D eigenvalue weighted by Gasteiger charge is 2.30. The molecule has 1 nitrogen and oxygen atoms in total. The molecule has 118 valence electrons. The normalized spacial score (nSPS) is 26.0. The molecule has 0 amide bonds. The fraction of sp³-hybridized carbons (Fsp3) is 0.684. The predicted molar refractivity (Wildman–Crippen MR) is 88.0 cm³/mol. The second-order valence-electron chi connectivity index (χ2n) is 6.59. The minimum atomic E-state index is -0.125. The van der Waals surface area contributed by atoms with Gasteiger partial charge < -0.3 is 5.32 Å². The number of nitrogens with one attached hydrogen (secondary N) is 1. The van der Waals surface area contributed by atoms with Crippen LogP contribution < -0.4 is 5.32 Å². The lowest BCUT2D eigenvalue weighted by Gasteiger charge is -2.37. The van der Waals surface area contributed by atoms with E-state index in [9.17, 15) is 4.39 Å². The van der Waals surface area contributed by atoms with E-state index in [-0.39, 0.29) is 5.82 Å². The third kappa shape index (κ3) is 4.81. The third-order valence-electron chi connectivity index (χ3n) is 4.93. The molecule has 3 unspecified atom stereocenters. The van der Waals surface area contributed by atoms with Crippen molar-refractivity contribution in [1.29, 1.82) is 0 Å². The zero-order valence-corrected chi connectivity index (χ0v) is 13.6. The lowest BCUT2D eigenvalue weighted by atomic mass is 9.70. The van der Waals surface area contributed by atoms with E-state index in [0.717, 1.165) is 19.0 Å². The number of rotatable bonds is 7. The standard InChI is InChI=1S/C19H30FN/c1-3-5-15-6-7-17(14-21-12-4-2)19(13-15)16-8-10-18(20)11-9-16/h8-11,15,17,19,21H,3-7,12-14H2,1-2H3. The molecule has 2 rings (SSSR count). The van der Waals surface area contributed by atoms with Gasteiger partial charge in [0.2, 0.25) is 0 Å². The van der Waals surface area contributed by atoms with Crippen LogP contribution in [0.15, 0.2) is 24.3 Å². The van der Waals surface area contributed by atoms with E-state index < -0.39 is 0 Å². The summed E-state index contributed by atoms with van der Waals surface area (Å²) in [7, 11) is 0. The van der Waals surface area contributed by atoms with E-state index in [1.807, 2.05) is 12.1 Å². The van der Waals surface area contributed by atoms with E-state index in [1.165, 1.54) is 44.1 Å². The number of hydrogen-bond donors (Lipinski definition) is 1. The smallest absolute Gasteiger partial charge is 0.123 e. The van der Waals surface area contributed by atoms with Gasteiger partial charge in [-0.3, -0.25) is 0 Å². The molecule has 0 bridgehead atoms. The molecule has 1 N–H and O–H groups in total. The third-order valence-corrected chi connectivity index (χ3v) is 4.93. The molecule has 1 aliphatic rings. The molecule has 1 aromatic rings. The molecular formula is C19H30FN. The Hall–Kier alpha value is -0.890. The predicted octanol–water partition coefficient (Wildman–Crippen LogP) is 5.13. The highest BCUT2D eigenvalue weighted by molar-refractivity contribution is 5.22. The van der Waals surface area contributed by atoms with Crippen LogP contribution in [-0.2, 0) is 0 Å². The lowest BCUT2D eigenvalue weighted by molar-refractivity contribution is 0.220. The Bertz CT molecular complexity index is 401. The van der Waals surface area contributed by atoms with Crippen LogP contribution in [0.1, 0.15) is 63.9 Å². The van der Waals surface area contributed by atoms with Crippen molar-refractivity contribution in [3.8, 4) is 0 Å². The number of benzene rings is 1. The van der Waals surface area contributed by atoms with Gasteiger partial charge in [-0.1, -0.05) is 45.2 Å². The van der Waals surface area contributed by atoms with E-state index in [1.54, 1.807) is 12.1 Å². The second kappa shape index (κ2) is 8.53. The average Bonchev–Trinajstić information content (AvgIpc) is 2.50. The van der Waals surface area contributed by atoms with Crippen LogP contribution in [0.4, 0.5) is 4.39 Å². The summed E-state index contributed by atoms with van der Waals surface area (Å²) >= 11 is 0. The summed E-state index contributed by atoms with van der Waals surface area (Å²) in [6.07, 6.45) is 7.75. The van der Waals surface area contributed by atoms with Crippen molar-refractivity contribution in [3.63, 3.8) is 0 Å². The summed E-state index contributed by atoms with van der Waals surface area (Å²) < 4.78 is 13.2. The minimum Gasteiger partial charge on any atom is -0.316 e. The highest BCUT2D eigenvalue weighted by atomic mass is 19.1. The molecule has 3 atom stereocenters. The van der Waals surface area contributed by atoms with Crippen molar-refractivity contribution in [2.24, 2.45) is 11.8 Å². The summed E-state index contributed by atoms with van der Waals surface area (Å²) in [6, 6.07) is 7.24. The molecule has 0 aliphatic heterocycles. The van der Waals surface area contributed by atoms with Crippen LogP contribution in [0, 0.1) is 17.7 Å². The van der Waals surface area contributed by atoms with Gasteiger partial charge in [0, 0.05) is 0 Å². The molecule has 0 heterocycles. The maximum Gasteiger partial charge on any atom is 0.123 e. The quantitative estimate of drug-likeness (QED) is 0.687. The Balaban J connectivity index is 2.05. The number of halogens is 1. The van der Waals surface area contributed by atoms with Crippen molar-refractivity contribution >= 4 is 0 Å². The molecular weight excluding hydrogens is 261 g/mol. The lowest BCUT2D eigenvalue weighted by Crippen LogP contribution is -2.32. The molecule has 0 radical (unpaired) electrons. The molecule has 1 saturated carbocycles. The van der Waals surface area contributed by atoms with Gasteiger partial charge in [0.15, 0.2) is 0 Å². The van der Waals surface area contributed by atoms with Crippen LogP contribution in [0.25, 0.3) is 0 Å². The maximum absolute atomic E-state index is 13.2. The fourth-order valence-corrected chi connectivity index (χ4v) is 3.82. The zero-order valence-electron chi connectivity index (χ0n) is 13.6. The van der Waals surface area contributed by atoms with Gasteiger partial charge in [0.1, 0.15) is 5.82 Å². The Labute approximate surface area is 129 Å². The van der Waals surface area contributed by atoms with Crippen LogP contribution >= 0.6 is 0 Å². The SMILES string of the molecule is CCCNCC1CCC(CCC)CC1c1ccc(F)cc1. The van der Waals surface area contributed by atoms with E-state index in [0.29, 0.717) is 11.8 Å². The fourth-order valence-electron chi connectivity index (χ4n) is 3.82. The van der Waals surface area contributed by atoms with E-state index >= 15 is 0 Å². The van der Waals surface area contributed by atoms with Crippen molar-refractivity contribution < 1.29 is 4.39 Å². The Morgan fingerprint density at radius 2 is 1.86 bits per heavy atom. The second-order valence-corrected chi connectivity index (χ2v) is 6.59. The minimum absolute atomic E-state index is 0.125. The molecule has 1 fully saturated rings. The topological polar surface area (TPSA) is 12.0 Å². The van der Waals surface area contributed by atoms with Crippen molar-refractivity contribution in [1.82, 2.24) is 5.32 Å². The van der Waals surface area contributed by atoms with E-state index in [2.05, 4.69) is 19.2 Å². The molecule has 0 saturated heterocycles. The summed E-state index contributed by atoms with van der Waals surface area (Å²) in [4.78, 5) is 0. The Morgan fingerprint density at radius 1 is 1.10 bits per heavy atom. The molecule has 21 heavy (non-hydrogen) atoms. The van der Waals surface area contributed by atoms with Gasteiger partial charge in [-0.15, -0.1) is 0 Å². The van der Waals surface area contributed by atoms with Gasteiger partial charge in [-0.05, 0) is 67.8 Å². The Kier molecular flexibility index (Phi) is 6.69. The van der Waals surface area contributed by atoms with Gasteiger partial charge in [-0.25, -0.2) is 4.39 Å². The summed E-state index contributed by atoms with van der Waals surface area (Å²) in [5, 5.41) is 3.59. The first kappa shape index (κ1) is 16.5. The summed E-state index contributed by atoms with van der Waals surface area (Å²) in [6.45, 7) is 6.70. The molecule has 0 spiro atoms. The van der Waals surface area contributed by atoms with Gasteiger partial charge in [0.05, 0.1) is 0 Å². The van der Waals surface area contributed by atoms with Crippen molar-refractivity contribution in [2.75, 3.05) is 13.1 Å². The number of hydrogen-bond acceptors (Lipinski definition) is 1. The van der Waals surface area contributed by atoms with Crippen molar-refractivity contribution in [2.45, 2.75) is 58.3 Å². The van der Waals surface area contributed by atoms with Crippen LogP contribution in [0.5, 0.6) is 0 Å². The Morgan fingerprint density at radius 3 is 2.52 bits per heavy atom. The van der Waals surface area contributed by atoms with Gasteiger partial charge in [-0.2, -0.15) is 0 Å². The zero-order chi connectivity index (χ0) is 15.1. The molecule has 1 aromatic carbocycles. The van der Waals surface area contributed by atoms with Gasteiger partial charge in [0.25, 0.3) is 0 Å². The molecule has 0 aromatic heterocycles. The first-order chi connectivity index (χ1) is 10.2. The molecule has 2 heteroatoms. The largest absolute Gasteiger partial charge is 0.316 e. The van der Waals surface area contributed by atoms with Gasteiger partial charge >= 0.3 is 0 Å². The van der Waals surface area contributed by atoms with Crippen molar-refractivity contribution in [3.05, 3.63) is 35.6 Å². The average molecular weight is 291 g/mol. The first-order valence-electron chi connectivity index (χ1n) is 8.70. The monoisotopic (exact) mass is 291 g/mol. The van der Waals surface area contributed by atoms with Crippen LogP contribution in [0.2, 0.25) is 0 Å². The molecule has 1 aliphatic carbocycles. The summed E-state index contributed by atoms with van der Waals surface area (Å²) in [5.74, 6) is 2.03. The van der Waals surface area contributed by atoms with Crippen LogP contribution in [-0.4, -0.2) is 13.1 Å². The summed E-state index contributed by atoms with van der Waals surface area (Å²) in [5.41, 5.74) is 1.33. The van der Waals surface area contributed by atoms with E-state index in [4.69, 9.17) is 0 Å². The first-order valence-corrected chi connectivity index (χ1v) is 8.70. The van der Waals surface area contributed by atoms with Crippen LogP contribution in [0.3, 0.4) is 0 Å².